The molecule has 0 radical (unpaired) electrons. The molecule has 100 valence electrons. The largest absolute Gasteiger partial charge is 0.363 e. The maximum absolute atomic E-state index is 11.1. The monoisotopic (exact) mass is 297 g/mol. The standard InChI is InChI=1S/C12H12ClN3O2S/c1-15(6-10-7-19-8-14-10)11-3-2-9(5-13)4-12(11)16(17)18/h2-4,7-8H,5-6H2,1H3. The number of hydrogen-bond acceptors (Lipinski definition) is 5. The number of anilines is 1. The van der Waals surface area contributed by atoms with Crippen LogP contribution in [0.1, 0.15) is 11.3 Å². The number of halogens is 1. The third kappa shape index (κ3) is 3.21. The van der Waals surface area contributed by atoms with E-state index in [0.29, 0.717) is 12.2 Å². The van der Waals surface area contributed by atoms with Crippen molar-refractivity contribution in [3.63, 3.8) is 0 Å². The Kier molecular flexibility index (Phi) is 4.34. The Balaban J connectivity index is 2.30. The Morgan fingerprint density at radius 3 is 2.89 bits per heavy atom. The molecule has 1 aromatic heterocycles. The predicted octanol–water partition coefficient (Wildman–Crippen LogP) is 3.43. The van der Waals surface area contributed by atoms with Gasteiger partial charge in [0.2, 0.25) is 0 Å². The molecular weight excluding hydrogens is 286 g/mol. The van der Waals surface area contributed by atoms with Gasteiger partial charge in [0.1, 0.15) is 5.69 Å². The van der Waals surface area contributed by atoms with Crippen LogP contribution in [0.3, 0.4) is 0 Å². The summed E-state index contributed by atoms with van der Waals surface area (Å²) in [6.07, 6.45) is 0. The van der Waals surface area contributed by atoms with E-state index in [0.717, 1.165) is 11.3 Å². The molecule has 19 heavy (non-hydrogen) atoms. The minimum Gasteiger partial charge on any atom is -0.363 e. The zero-order valence-corrected chi connectivity index (χ0v) is 11.8. The summed E-state index contributed by atoms with van der Waals surface area (Å²) in [5, 5.41) is 13.0. The SMILES string of the molecule is CN(Cc1cscn1)c1ccc(CCl)cc1[N+](=O)[O-]. The van der Waals surface area contributed by atoms with Crippen molar-refractivity contribution in [3.8, 4) is 0 Å². The van der Waals surface area contributed by atoms with Crippen LogP contribution in [0.15, 0.2) is 29.1 Å². The molecule has 0 saturated heterocycles. The molecule has 1 aromatic carbocycles. The summed E-state index contributed by atoms with van der Waals surface area (Å²) in [4.78, 5) is 16.7. The summed E-state index contributed by atoms with van der Waals surface area (Å²) >= 11 is 7.21. The zero-order chi connectivity index (χ0) is 13.8. The fourth-order valence-electron chi connectivity index (χ4n) is 1.76. The van der Waals surface area contributed by atoms with E-state index in [1.165, 1.54) is 17.4 Å². The smallest absolute Gasteiger partial charge is 0.292 e. The molecule has 0 unspecified atom stereocenters. The van der Waals surface area contributed by atoms with Crippen molar-refractivity contribution >= 4 is 34.3 Å². The van der Waals surface area contributed by atoms with E-state index in [4.69, 9.17) is 11.6 Å². The third-order valence-electron chi connectivity index (χ3n) is 2.68. The van der Waals surface area contributed by atoms with Crippen molar-refractivity contribution in [3.05, 3.63) is 50.5 Å². The molecule has 0 spiro atoms. The molecule has 7 heteroatoms. The van der Waals surface area contributed by atoms with E-state index in [9.17, 15) is 10.1 Å². The highest BCUT2D eigenvalue weighted by Crippen LogP contribution is 2.29. The van der Waals surface area contributed by atoms with Gasteiger partial charge < -0.3 is 4.90 Å². The van der Waals surface area contributed by atoms with E-state index in [1.54, 1.807) is 17.6 Å². The van der Waals surface area contributed by atoms with E-state index in [-0.39, 0.29) is 16.5 Å². The van der Waals surface area contributed by atoms with Gasteiger partial charge >= 0.3 is 0 Å². The topological polar surface area (TPSA) is 59.3 Å². The Hall–Kier alpha value is -1.66. The number of hydrogen-bond donors (Lipinski definition) is 0. The van der Waals surface area contributed by atoms with Gasteiger partial charge in [0.25, 0.3) is 5.69 Å². The van der Waals surface area contributed by atoms with Gasteiger partial charge in [0, 0.05) is 24.4 Å². The lowest BCUT2D eigenvalue weighted by atomic mass is 10.2. The summed E-state index contributed by atoms with van der Waals surface area (Å²) < 4.78 is 0. The lowest BCUT2D eigenvalue weighted by molar-refractivity contribution is -0.384. The van der Waals surface area contributed by atoms with Crippen molar-refractivity contribution in [1.82, 2.24) is 4.98 Å². The second-order valence-electron chi connectivity index (χ2n) is 4.05. The van der Waals surface area contributed by atoms with Gasteiger partial charge in [-0.15, -0.1) is 22.9 Å². The predicted molar refractivity (Wildman–Crippen MR) is 76.9 cm³/mol. The van der Waals surface area contributed by atoms with Gasteiger partial charge in [0.05, 0.1) is 22.7 Å². The van der Waals surface area contributed by atoms with Crippen LogP contribution in [0.4, 0.5) is 11.4 Å². The first-order chi connectivity index (χ1) is 9.11. The third-order valence-corrected chi connectivity index (χ3v) is 3.63. The number of alkyl halides is 1. The maximum Gasteiger partial charge on any atom is 0.292 e. The van der Waals surface area contributed by atoms with Crippen LogP contribution < -0.4 is 4.90 Å². The van der Waals surface area contributed by atoms with E-state index < -0.39 is 0 Å². The Bertz CT molecular complexity index is 574. The van der Waals surface area contributed by atoms with E-state index in [2.05, 4.69) is 4.98 Å². The molecule has 0 aliphatic rings. The van der Waals surface area contributed by atoms with Crippen molar-refractivity contribution in [2.24, 2.45) is 0 Å². The van der Waals surface area contributed by atoms with Gasteiger partial charge in [-0.25, -0.2) is 4.98 Å². The number of nitro benzene ring substituents is 1. The van der Waals surface area contributed by atoms with Gasteiger partial charge in [-0.1, -0.05) is 6.07 Å². The number of nitrogens with zero attached hydrogens (tertiary/aromatic N) is 3. The molecule has 5 nitrogen and oxygen atoms in total. The number of rotatable bonds is 5. The lowest BCUT2D eigenvalue weighted by Gasteiger charge is -2.18. The van der Waals surface area contributed by atoms with Crippen molar-refractivity contribution in [1.29, 1.82) is 0 Å². The average molecular weight is 298 g/mol. The van der Waals surface area contributed by atoms with Gasteiger partial charge in [-0.2, -0.15) is 0 Å². The van der Waals surface area contributed by atoms with Crippen molar-refractivity contribution < 1.29 is 4.92 Å². The molecule has 0 fully saturated rings. The van der Waals surface area contributed by atoms with Crippen LogP contribution in [0.25, 0.3) is 0 Å². The second kappa shape index (κ2) is 5.99. The first kappa shape index (κ1) is 13.8. The second-order valence-corrected chi connectivity index (χ2v) is 5.04. The molecule has 0 aliphatic heterocycles. The van der Waals surface area contributed by atoms with E-state index >= 15 is 0 Å². The van der Waals surface area contributed by atoms with Crippen LogP contribution in [0, 0.1) is 10.1 Å². The molecular formula is C12H12ClN3O2S. The summed E-state index contributed by atoms with van der Waals surface area (Å²) in [6, 6.07) is 5.04. The minimum absolute atomic E-state index is 0.0656. The lowest BCUT2D eigenvalue weighted by Crippen LogP contribution is -2.18. The molecule has 0 bridgehead atoms. The summed E-state index contributed by atoms with van der Waals surface area (Å²) in [6.45, 7) is 0.532. The first-order valence-corrected chi connectivity index (χ1v) is 7.01. The fraction of sp³-hybridized carbons (Fsp3) is 0.250. The minimum atomic E-state index is -0.386. The molecule has 0 saturated carbocycles. The molecule has 2 rings (SSSR count). The summed E-state index contributed by atoms with van der Waals surface area (Å²) in [5.74, 6) is 0.261. The summed E-state index contributed by atoms with van der Waals surface area (Å²) in [7, 11) is 1.81. The Labute approximate surface area is 119 Å². The summed E-state index contributed by atoms with van der Waals surface area (Å²) in [5.41, 5.74) is 4.00. The molecule has 0 amide bonds. The first-order valence-electron chi connectivity index (χ1n) is 5.53. The Morgan fingerprint density at radius 2 is 2.32 bits per heavy atom. The van der Waals surface area contributed by atoms with Crippen LogP contribution in [0.5, 0.6) is 0 Å². The number of aromatic nitrogens is 1. The number of benzene rings is 1. The molecule has 1 heterocycles. The highest BCUT2D eigenvalue weighted by molar-refractivity contribution is 7.07. The van der Waals surface area contributed by atoms with Crippen molar-refractivity contribution in [2.45, 2.75) is 12.4 Å². The van der Waals surface area contributed by atoms with Crippen LogP contribution >= 0.6 is 22.9 Å². The van der Waals surface area contributed by atoms with E-state index in [1.807, 2.05) is 17.3 Å². The molecule has 0 N–H and O–H groups in total. The Morgan fingerprint density at radius 1 is 1.53 bits per heavy atom. The van der Waals surface area contributed by atoms with Gasteiger partial charge in [-0.05, 0) is 11.6 Å². The number of thiazole rings is 1. The maximum atomic E-state index is 11.1. The van der Waals surface area contributed by atoms with Crippen LogP contribution in [-0.4, -0.2) is 17.0 Å². The normalized spacial score (nSPS) is 10.4. The highest BCUT2D eigenvalue weighted by atomic mass is 35.5. The molecule has 0 aliphatic carbocycles. The quantitative estimate of drug-likeness (QED) is 0.482. The zero-order valence-electron chi connectivity index (χ0n) is 10.2. The average Bonchev–Trinajstić information content (AvgIpc) is 2.90. The van der Waals surface area contributed by atoms with Gasteiger partial charge in [-0.3, -0.25) is 10.1 Å². The number of nitro groups is 1. The van der Waals surface area contributed by atoms with Crippen molar-refractivity contribution in [2.75, 3.05) is 11.9 Å². The van der Waals surface area contributed by atoms with Crippen LogP contribution in [-0.2, 0) is 12.4 Å². The van der Waals surface area contributed by atoms with Gasteiger partial charge in [0.15, 0.2) is 0 Å². The fourth-order valence-corrected chi connectivity index (χ4v) is 2.48. The van der Waals surface area contributed by atoms with Crippen LogP contribution in [0.2, 0.25) is 0 Å². The molecule has 0 atom stereocenters. The molecule has 2 aromatic rings. The highest BCUT2D eigenvalue weighted by Gasteiger charge is 2.18.